The minimum atomic E-state index is -0.360. The maximum atomic E-state index is 11.6. The van der Waals surface area contributed by atoms with Crippen LogP contribution in [0.1, 0.15) is 20.7 Å². The van der Waals surface area contributed by atoms with E-state index in [4.69, 9.17) is 9.47 Å². The third-order valence-corrected chi connectivity index (χ3v) is 11.1. The monoisotopic (exact) mass is 562 g/mol. The molecule has 0 unspecified atom stereocenters. The van der Waals surface area contributed by atoms with Gasteiger partial charge in [0.2, 0.25) is 0 Å². The first-order valence-electron chi connectivity index (χ1n) is 9.39. The average molecular weight is 560 g/mol. The topological polar surface area (TPSA) is 110 Å². The van der Waals surface area contributed by atoms with Crippen LogP contribution in [0.3, 0.4) is 0 Å². The molecule has 0 fully saturated rings. The number of nitrogens with zero attached hydrogens (tertiary/aromatic N) is 2. The van der Waals surface area contributed by atoms with Crippen LogP contribution in [-0.4, -0.2) is 72.4 Å². The number of aromatic amines is 2. The number of hydrogen-bond donors (Lipinski definition) is 2. The van der Waals surface area contributed by atoms with Gasteiger partial charge < -0.3 is 0 Å². The fraction of sp³-hybridized carbons (Fsp3) is 0.0909. The number of nitrogens with one attached hydrogen (secondary N) is 2. The molecule has 4 aromatic rings. The first-order valence-corrected chi connectivity index (χ1v) is 15.4. The summed E-state index contributed by atoms with van der Waals surface area (Å²) in [6, 6.07) is 14.3. The second kappa shape index (κ2) is 9.97. The van der Waals surface area contributed by atoms with Crippen molar-refractivity contribution in [1.29, 1.82) is 0 Å². The molecule has 2 N–H and O–H groups in total. The minimum absolute atomic E-state index is 0.197. The Morgan fingerprint density at radius 2 is 1.06 bits per heavy atom. The zero-order valence-corrected chi connectivity index (χ0v) is 20.5. The van der Waals surface area contributed by atoms with E-state index < -0.39 is 0 Å². The number of imidazole rings is 2. The van der Waals surface area contributed by atoms with Crippen LogP contribution >= 0.6 is 0 Å². The number of carbonyl (C=O) groups is 2. The molecule has 0 radical (unpaired) electrons. The summed E-state index contributed by atoms with van der Waals surface area (Å²) in [5, 5.41) is 0. The number of hydrogen-bond acceptors (Lipinski definition) is 6. The van der Waals surface area contributed by atoms with Gasteiger partial charge in [0, 0.05) is 0 Å². The molecule has 0 aliphatic rings. The fourth-order valence-corrected chi connectivity index (χ4v) is 8.00. The molecule has 0 aliphatic heterocycles. The number of benzene rings is 2. The normalized spacial score (nSPS) is 10.7. The molecular weight excluding hydrogens is 542 g/mol. The van der Waals surface area contributed by atoms with Crippen LogP contribution in [0.5, 0.6) is 0 Å². The number of methoxy groups -OCH3 is 2. The van der Waals surface area contributed by atoms with Crippen LogP contribution < -0.4 is 9.18 Å². The molecule has 0 aliphatic carbocycles. The van der Waals surface area contributed by atoms with Gasteiger partial charge in [-0.25, -0.2) is 0 Å². The van der Waals surface area contributed by atoms with Crippen molar-refractivity contribution in [1.82, 2.24) is 19.9 Å². The van der Waals surface area contributed by atoms with E-state index >= 15 is 0 Å². The summed E-state index contributed by atoms with van der Waals surface area (Å²) in [5.74, 6) is 0.817. The molecule has 162 valence electrons. The molecule has 0 saturated heterocycles. The van der Waals surface area contributed by atoms with Crippen LogP contribution in [-0.2, 0) is 9.47 Å². The van der Waals surface area contributed by atoms with Gasteiger partial charge in [0.05, 0.1) is 0 Å². The number of carbonyl (C=O) groups excluding carboxylic acids is 2. The predicted molar refractivity (Wildman–Crippen MR) is 122 cm³/mol. The molecular formula is C22H18N4O4Se2. The van der Waals surface area contributed by atoms with E-state index in [0.717, 1.165) is 32.0 Å². The third kappa shape index (κ3) is 5.00. The maximum absolute atomic E-state index is 11.6. The fourth-order valence-electron chi connectivity index (χ4n) is 2.84. The second-order valence-corrected chi connectivity index (χ2v) is 12.7. The van der Waals surface area contributed by atoms with E-state index in [2.05, 4.69) is 19.9 Å². The van der Waals surface area contributed by atoms with Crippen LogP contribution in [0.15, 0.2) is 60.9 Å². The van der Waals surface area contributed by atoms with Crippen molar-refractivity contribution >= 4 is 47.4 Å². The number of H-pyrrole nitrogens is 2. The summed E-state index contributed by atoms with van der Waals surface area (Å²) in [6.07, 6.45) is 3.71. The molecule has 0 atom stereocenters. The Labute approximate surface area is 195 Å². The first kappa shape index (κ1) is 22.0. The Kier molecular flexibility index (Phi) is 6.87. The van der Waals surface area contributed by atoms with Crippen molar-refractivity contribution in [3.8, 4) is 22.8 Å². The Bertz CT molecular complexity index is 1140. The van der Waals surface area contributed by atoms with Crippen molar-refractivity contribution < 1.29 is 19.1 Å². The van der Waals surface area contributed by atoms with Crippen LogP contribution in [0, 0.1) is 0 Å². The molecule has 2 aromatic heterocycles. The number of esters is 2. The molecule has 2 aromatic carbocycles. The third-order valence-electron chi connectivity index (χ3n) is 4.49. The number of aromatic nitrogens is 4. The zero-order chi connectivity index (χ0) is 22.5. The standard InChI is InChI=1S/C22H18N4O4Se2/c1-29-21(27)15-7-3-13(4-8-15)19-23-11-17(25-19)31-32-18-12-24-20(26-18)14-5-9-16(10-6-14)22(28)30-2/h3-12H,1-2H3,(H,23,25)(H,24,26). The van der Waals surface area contributed by atoms with Gasteiger partial charge in [-0.1, -0.05) is 0 Å². The van der Waals surface area contributed by atoms with Gasteiger partial charge in [-0.3, -0.25) is 0 Å². The van der Waals surface area contributed by atoms with Gasteiger partial charge in [-0.15, -0.1) is 0 Å². The molecule has 0 saturated carbocycles. The summed E-state index contributed by atoms with van der Waals surface area (Å²) in [4.78, 5) is 38.8. The van der Waals surface area contributed by atoms with Gasteiger partial charge >= 0.3 is 195 Å². The van der Waals surface area contributed by atoms with Crippen LogP contribution in [0.2, 0.25) is 0 Å². The predicted octanol–water partition coefficient (Wildman–Crippen LogP) is 1.31. The van der Waals surface area contributed by atoms with Crippen molar-refractivity contribution in [2.75, 3.05) is 14.2 Å². The summed E-state index contributed by atoms with van der Waals surface area (Å²) < 4.78 is 11.6. The van der Waals surface area contributed by atoms with Gasteiger partial charge in [0.25, 0.3) is 0 Å². The average Bonchev–Trinajstić information content (AvgIpc) is 3.52. The van der Waals surface area contributed by atoms with Gasteiger partial charge in [0.1, 0.15) is 0 Å². The van der Waals surface area contributed by atoms with Crippen molar-refractivity contribution in [3.63, 3.8) is 0 Å². The molecule has 0 spiro atoms. The molecule has 4 rings (SSSR count). The van der Waals surface area contributed by atoms with E-state index in [1.807, 2.05) is 36.7 Å². The van der Waals surface area contributed by atoms with Gasteiger partial charge in [-0.05, 0) is 0 Å². The molecule has 10 heteroatoms. The number of ether oxygens (including phenoxy) is 2. The summed E-state index contributed by atoms with van der Waals surface area (Å²) in [6.45, 7) is 0. The Morgan fingerprint density at radius 3 is 1.41 bits per heavy atom. The van der Waals surface area contributed by atoms with Crippen molar-refractivity contribution in [2.24, 2.45) is 0 Å². The summed E-state index contributed by atoms with van der Waals surface area (Å²) in [5.41, 5.74) is 2.83. The van der Waals surface area contributed by atoms with Crippen LogP contribution in [0.4, 0.5) is 0 Å². The molecule has 0 bridgehead atoms. The van der Waals surface area contributed by atoms with Gasteiger partial charge in [0.15, 0.2) is 0 Å². The quantitative estimate of drug-likeness (QED) is 0.261. The summed E-state index contributed by atoms with van der Waals surface area (Å²) >= 11 is 0.394. The van der Waals surface area contributed by atoms with Crippen molar-refractivity contribution in [2.45, 2.75) is 0 Å². The van der Waals surface area contributed by atoms with E-state index in [-0.39, 0.29) is 38.2 Å². The van der Waals surface area contributed by atoms with Crippen LogP contribution in [0.25, 0.3) is 22.8 Å². The Balaban J connectivity index is 1.38. The van der Waals surface area contributed by atoms with E-state index in [0.29, 0.717) is 11.1 Å². The SMILES string of the molecule is COC(=O)c1ccc(-c2ncc([Se][Se]c3cnc(-c4ccc(C(=O)OC)cc4)[nH]3)[nH]2)cc1. The van der Waals surface area contributed by atoms with E-state index in [1.165, 1.54) is 14.2 Å². The first-order chi connectivity index (χ1) is 15.6. The van der Waals surface area contributed by atoms with Crippen molar-refractivity contribution in [3.05, 3.63) is 72.1 Å². The Morgan fingerprint density at radius 1 is 0.688 bits per heavy atom. The zero-order valence-electron chi connectivity index (χ0n) is 17.1. The second-order valence-electron chi connectivity index (χ2n) is 6.50. The van der Waals surface area contributed by atoms with E-state index in [9.17, 15) is 9.59 Å². The molecule has 2 heterocycles. The molecule has 32 heavy (non-hydrogen) atoms. The Hall–Kier alpha value is -3.16. The molecule has 8 nitrogen and oxygen atoms in total. The number of rotatable bonds is 7. The summed E-state index contributed by atoms with van der Waals surface area (Å²) in [7, 11) is 2.73. The molecule has 0 amide bonds. The van der Waals surface area contributed by atoms with Gasteiger partial charge in [-0.2, -0.15) is 0 Å². The van der Waals surface area contributed by atoms with E-state index in [1.54, 1.807) is 24.3 Å².